The third-order valence-electron chi connectivity index (χ3n) is 4.01. The summed E-state index contributed by atoms with van der Waals surface area (Å²) in [5.41, 5.74) is 1.79. The molecule has 0 aromatic heterocycles. The summed E-state index contributed by atoms with van der Waals surface area (Å²) < 4.78 is 24.3. The van der Waals surface area contributed by atoms with Crippen LogP contribution in [0.2, 0.25) is 0 Å². The smallest absolute Gasteiger partial charge is 0.255 e. The van der Waals surface area contributed by atoms with Crippen molar-refractivity contribution < 1.29 is 18.7 Å². The highest BCUT2D eigenvalue weighted by Gasteiger charge is 2.16. The van der Waals surface area contributed by atoms with E-state index in [0.717, 1.165) is 19.4 Å². The van der Waals surface area contributed by atoms with Crippen LogP contribution in [0.3, 0.4) is 0 Å². The van der Waals surface area contributed by atoms with Crippen LogP contribution in [0.1, 0.15) is 28.8 Å². The Morgan fingerprint density at radius 1 is 1.29 bits per heavy atom. The average molecular weight is 329 g/mol. The first-order chi connectivity index (χ1) is 11.6. The van der Waals surface area contributed by atoms with Gasteiger partial charge in [-0.15, -0.1) is 0 Å². The summed E-state index contributed by atoms with van der Waals surface area (Å²) in [6.07, 6.45) is 2.27. The maximum Gasteiger partial charge on any atom is 0.255 e. The van der Waals surface area contributed by atoms with Crippen LogP contribution in [0.25, 0.3) is 0 Å². The zero-order valence-electron chi connectivity index (χ0n) is 13.5. The number of halogens is 1. The molecular formula is C19H20FNO3. The van der Waals surface area contributed by atoms with Crippen LogP contribution < -0.4 is 10.1 Å². The largest absolute Gasteiger partial charge is 0.491 e. The van der Waals surface area contributed by atoms with Gasteiger partial charge in [0.2, 0.25) is 0 Å². The molecule has 1 atom stereocenters. The summed E-state index contributed by atoms with van der Waals surface area (Å²) in [4.78, 5) is 12.3. The maximum atomic E-state index is 13.1. The Morgan fingerprint density at radius 3 is 2.75 bits per heavy atom. The second-order valence-corrected chi connectivity index (χ2v) is 5.88. The molecule has 4 nitrogen and oxygen atoms in total. The summed E-state index contributed by atoms with van der Waals surface area (Å²) in [5, 5.41) is 2.78. The third kappa shape index (κ3) is 4.11. The molecular weight excluding hydrogens is 309 g/mol. The first-order valence-corrected chi connectivity index (χ1v) is 8.04. The zero-order chi connectivity index (χ0) is 16.9. The van der Waals surface area contributed by atoms with Crippen molar-refractivity contribution in [2.24, 2.45) is 0 Å². The molecule has 1 heterocycles. The topological polar surface area (TPSA) is 47.6 Å². The quantitative estimate of drug-likeness (QED) is 0.904. The fourth-order valence-corrected chi connectivity index (χ4v) is 2.63. The normalized spacial score (nSPS) is 16.8. The van der Waals surface area contributed by atoms with E-state index in [1.807, 2.05) is 0 Å². The minimum Gasteiger partial charge on any atom is -0.491 e. The van der Waals surface area contributed by atoms with E-state index >= 15 is 0 Å². The SMILES string of the molecule is Cc1cc(F)ccc1NC(=O)c1ccc(OC[C@H]2CCCO2)cc1. The predicted molar refractivity (Wildman–Crippen MR) is 90.0 cm³/mol. The summed E-state index contributed by atoms with van der Waals surface area (Å²) in [6.45, 7) is 3.08. The summed E-state index contributed by atoms with van der Waals surface area (Å²) in [5.74, 6) is 0.147. The predicted octanol–water partition coefficient (Wildman–Crippen LogP) is 3.94. The van der Waals surface area contributed by atoms with Gasteiger partial charge in [0, 0.05) is 17.9 Å². The lowest BCUT2D eigenvalue weighted by Gasteiger charge is -2.12. The Balaban J connectivity index is 1.58. The molecule has 0 spiro atoms. The summed E-state index contributed by atoms with van der Waals surface area (Å²) >= 11 is 0. The number of amides is 1. The number of ether oxygens (including phenoxy) is 2. The van der Waals surface area contributed by atoms with E-state index in [0.29, 0.717) is 29.2 Å². The van der Waals surface area contributed by atoms with Crippen molar-refractivity contribution in [2.45, 2.75) is 25.9 Å². The molecule has 1 amide bonds. The van der Waals surface area contributed by atoms with Crippen molar-refractivity contribution in [1.82, 2.24) is 0 Å². The Bertz CT molecular complexity index is 709. The van der Waals surface area contributed by atoms with E-state index in [-0.39, 0.29) is 17.8 Å². The number of aryl methyl sites for hydroxylation is 1. The van der Waals surface area contributed by atoms with Gasteiger partial charge in [-0.25, -0.2) is 4.39 Å². The third-order valence-corrected chi connectivity index (χ3v) is 4.01. The molecule has 0 radical (unpaired) electrons. The minimum atomic E-state index is -0.321. The van der Waals surface area contributed by atoms with E-state index < -0.39 is 0 Å². The highest BCUT2D eigenvalue weighted by Crippen LogP contribution is 2.19. The van der Waals surface area contributed by atoms with E-state index in [1.165, 1.54) is 12.1 Å². The number of hydrogen-bond donors (Lipinski definition) is 1. The monoisotopic (exact) mass is 329 g/mol. The van der Waals surface area contributed by atoms with Crippen molar-refractivity contribution in [3.05, 3.63) is 59.4 Å². The second kappa shape index (κ2) is 7.45. The van der Waals surface area contributed by atoms with Gasteiger partial charge in [-0.1, -0.05) is 0 Å². The summed E-state index contributed by atoms with van der Waals surface area (Å²) in [7, 11) is 0. The Labute approximate surface area is 140 Å². The van der Waals surface area contributed by atoms with Gasteiger partial charge >= 0.3 is 0 Å². The molecule has 1 aliphatic rings. The van der Waals surface area contributed by atoms with Crippen LogP contribution >= 0.6 is 0 Å². The van der Waals surface area contributed by atoms with Crippen LogP contribution in [0.5, 0.6) is 5.75 Å². The van der Waals surface area contributed by atoms with Crippen LogP contribution in [-0.4, -0.2) is 25.2 Å². The molecule has 1 saturated heterocycles. The average Bonchev–Trinajstić information content (AvgIpc) is 3.09. The number of rotatable bonds is 5. The number of benzene rings is 2. The molecule has 0 aliphatic carbocycles. The van der Waals surface area contributed by atoms with Gasteiger partial charge in [0.25, 0.3) is 5.91 Å². The van der Waals surface area contributed by atoms with Crippen molar-refractivity contribution in [3.8, 4) is 5.75 Å². The van der Waals surface area contributed by atoms with Gasteiger partial charge in [0.15, 0.2) is 0 Å². The molecule has 3 rings (SSSR count). The number of carbonyl (C=O) groups excluding carboxylic acids is 1. The number of carbonyl (C=O) groups is 1. The van der Waals surface area contributed by atoms with Crippen LogP contribution in [0, 0.1) is 12.7 Å². The highest BCUT2D eigenvalue weighted by molar-refractivity contribution is 6.04. The standard InChI is InChI=1S/C19H20FNO3/c1-13-11-15(20)6-9-18(13)21-19(22)14-4-7-16(8-5-14)24-12-17-3-2-10-23-17/h4-9,11,17H,2-3,10,12H2,1H3,(H,21,22)/t17-/m1/s1. The first-order valence-electron chi connectivity index (χ1n) is 8.04. The van der Waals surface area contributed by atoms with E-state index in [9.17, 15) is 9.18 Å². The molecule has 2 aromatic rings. The molecule has 0 bridgehead atoms. The van der Waals surface area contributed by atoms with Crippen molar-refractivity contribution in [3.63, 3.8) is 0 Å². The van der Waals surface area contributed by atoms with Gasteiger partial charge in [-0.3, -0.25) is 4.79 Å². The van der Waals surface area contributed by atoms with Gasteiger partial charge in [-0.05, 0) is 67.8 Å². The van der Waals surface area contributed by atoms with Crippen molar-refractivity contribution >= 4 is 11.6 Å². The van der Waals surface area contributed by atoms with E-state index in [4.69, 9.17) is 9.47 Å². The Hall–Kier alpha value is -2.40. The number of nitrogens with one attached hydrogen (secondary N) is 1. The van der Waals surface area contributed by atoms with E-state index in [2.05, 4.69) is 5.32 Å². The van der Waals surface area contributed by atoms with Crippen LogP contribution in [-0.2, 0) is 4.74 Å². The fraction of sp³-hybridized carbons (Fsp3) is 0.316. The minimum absolute atomic E-state index is 0.162. The van der Waals surface area contributed by atoms with Crippen LogP contribution in [0.4, 0.5) is 10.1 Å². The molecule has 1 fully saturated rings. The Kier molecular flexibility index (Phi) is 5.11. The number of hydrogen-bond acceptors (Lipinski definition) is 3. The summed E-state index contributed by atoms with van der Waals surface area (Å²) in [6, 6.07) is 11.2. The van der Waals surface area contributed by atoms with Gasteiger partial charge in [0.1, 0.15) is 18.2 Å². The highest BCUT2D eigenvalue weighted by atomic mass is 19.1. The molecule has 1 N–H and O–H groups in total. The molecule has 2 aromatic carbocycles. The van der Waals surface area contributed by atoms with Crippen LogP contribution in [0.15, 0.2) is 42.5 Å². The van der Waals surface area contributed by atoms with Gasteiger partial charge in [-0.2, -0.15) is 0 Å². The zero-order valence-corrected chi connectivity index (χ0v) is 13.5. The molecule has 126 valence electrons. The molecule has 0 unspecified atom stereocenters. The van der Waals surface area contributed by atoms with Gasteiger partial charge < -0.3 is 14.8 Å². The lowest BCUT2D eigenvalue weighted by atomic mass is 10.1. The van der Waals surface area contributed by atoms with Crippen molar-refractivity contribution in [2.75, 3.05) is 18.5 Å². The molecule has 0 saturated carbocycles. The van der Waals surface area contributed by atoms with E-state index in [1.54, 1.807) is 37.3 Å². The molecule has 5 heteroatoms. The molecule has 1 aliphatic heterocycles. The Morgan fingerprint density at radius 2 is 2.08 bits per heavy atom. The second-order valence-electron chi connectivity index (χ2n) is 5.88. The lowest BCUT2D eigenvalue weighted by molar-refractivity contribution is 0.0679. The van der Waals surface area contributed by atoms with Gasteiger partial charge in [0.05, 0.1) is 6.10 Å². The van der Waals surface area contributed by atoms with Crippen molar-refractivity contribution in [1.29, 1.82) is 0 Å². The lowest BCUT2D eigenvalue weighted by Crippen LogP contribution is -2.16. The first kappa shape index (κ1) is 16.5. The maximum absolute atomic E-state index is 13.1. The number of anilines is 1. The fourth-order valence-electron chi connectivity index (χ4n) is 2.63. The molecule has 24 heavy (non-hydrogen) atoms.